The van der Waals surface area contributed by atoms with Crippen LogP contribution in [0.2, 0.25) is 0 Å². The molecular weight excluding hydrogens is 489 g/mol. The number of ether oxygens (including phenoxy) is 3. The van der Waals surface area contributed by atoms with Gasteiger partial charge in [0, 0.05) is 34.9 Å². The number of aryl methyl sites for hydroxylation is 1. The van der Waals surface area contributed by atoms with E-state index < -0.39 is 18.4 Å². The summed E-state index contributed by atoms with van der Waals surface area (Å²) in [4.78, 5) is 12.0. The molecule has 0 aliphatic carbocycles. The minimum atomic E-state index is -4.82. The van der Waals surface area contributed by atoms with Gasteiger partial charge in [-0.25, -0.2) is 4.79 Å². The highest BCUT2D eigenvalue weighted by molar-refractivity contribution is 7.15. The summed E-state index contributed by atoms with van der Waals surface area (Å²) < 4.78 is 58.6. The van der Waals surface area contributed by atoms with E-state index in [1.807, 2.05) is 0 Å². The topological polar surface area (TPSA) is 98.4 Å². The van der Waals surface area contributed by atoms with E-state index in [2.05, 4.69) is 11.3 Å². The molecule has 3 aromatic rings. The predicted octanol–water partition coefficient (Wildman–Crippen LogP) is 5.23. The van der Waals surface area contributed by atoms with Crippen molar-refractivity contribution in [1.82, 2.24) is 0 Å². The zero-order chi connectivity index (χ0) is 25.6. The third kappa shape index (κ3) is 7.74. The Morgan fingerprint density at radius 3 is 2.69 bits per heavy atom. The second kappa shape index (κ2) is 11.6. The van der Waals surface area contributed by atoms with E-state index in [1.165, 1.54) is 6.07 Å². The van der Waals surface area contributed by atoms with Crippen LogP contribution in [-0.4, -0.2) is 48.5 Å². The first-order chi connectivity index (χ1) is 16.6. The van der Waals surface area contributed by atoms with Gasteiger partial charge in [0.05, 0.1) is 12.7 Å². The molecule has 0 aliphatic rings. The number of aliphatic hydroxyl groups excluding tert-OH is 2. The number of furan rings is 1. The maximum absolute atomic E-state index is 12.7. The first-order valence-electron chi connectivity index (χ1n) is 10.7. The Labute approximate surface area is 203 Å². The van der Waals surface area contributed by atoms with Crippen LogP contribution < -0.4 is 9.47 Å². The largest absolute Gasteiger partial charge is 0.573 e. The maximum atomic E-state index is 12.7. The molecule has 0 radical (unpaired) electrons. The minimum Gasteiger partial charge on any atom is -0.491 e. The fourth-order valence-electron chi connectivity index (χ4n) is 3.27. The van der Waals surface area contributed by atoms with Crippen LogP contribution in [0.15, 0.2) is 47.4 Å². The summed E-state index contributed by atoms with van der Waals surface area (Å²) in [5.41, 5.74) is 0.403. The zero-order valence-corrected chi connectivity index (χ0v) is 19.7. The van der Waals surface area contributed by atoms with E-state index in [4.69, 9.17) is 13.9 Å². The van der Waals surface area contributed by atoms with Gasteiger partial charge in [-0.15, -0.1) is 24.5 Å². The van der Waals surface area contributed by atoms with Crippen LogP contribution in [0.25, 0.3) is 21.6 Å². The lowest BCUT2D eigenvalue weighted by Crippen LogP contribution is -2.22. The molecule has 2 atom stereocenters. The second-order valence-corrected chi connectivity index (χ2v) is 9.09. The number of hydrogen-bond donors (Lipinski definition) is 2. The standard InChI is InChI=1S/C24H25F3O7S/c1-3-22(30)32-12-15(11-28)4-6-17(29)13-31-18-7-5-16-9-20(33-19(16)10-18)23-21(8-14(2)35-23)34-24(25,26)27/h3,5,7-10,15,17,28-29H,1,4,6,11-13H2,2H3. The number of carbonyl (C=O) groups excluding carboxylic acids is 1. The summed E-state index contributed by atoms with van der Waals surface area (Å²) in [6.07, 6.45) is -3.90. The van der Waals surface area contributed by atoms with Crippen molar-refractivity contribution in [3.63, 3.8) is 0 Å². The van der Waals surface area contributed by atoms with Crippen LogP contribution >= 0.6 is 11.3 Å². The van der Waals surface area contributed by atoms with E-state index in [0.29, 0.717) is 34.4 Å². The lowest BCUT2D eigenvalue weighted by atomic mass is 10.0. The number of hydrogen-bond acceptors (Lipinski definition) is 8. The van der Waals surface area contributed by atoms with E-state index in [0.717, 1.165) is 17.4 Å². The highest BCUT2D eigenvalue weighted by Gasteiger charge is 2.33. The summed E-state index contributed by atoms with van der Waals surface area (Å²) in [5, 5.41) is 20.3. The van der Waals surface area contributed by atoms with E-state index in [1.54, 1.807) is 31.2 Å². The molecule has 0 saturated carbocycles. The van der Waals surface area contributed by atoms with Crippen molar-refractivity contribution < 1.29 is 46.8 Å². The fraction of sp³-hybridized carbons (Fsp3) is 0.375. The molecule has 0 saturated heterocycles. The minimum absolute atomic E-state index is 0.0198. The molecular formula is C24H25F3O7S. The Morgan fingerprint density at radius 2 is 2.00 bits per heavy atom. The summed E-state index contributed by atoms with van der Waals surface area (Å²) in [6.45, 7) is 4.76. The molecule has 0 aliphatic heterocycles. The zero-order valence-electron chi connectivity index (χ0n) is 18.8. The molecule has 0 spiro atoms. The summed E-state index contributed by atoms with van der Waals surface area (Å²) in [6, 6.07) is 7.87. The SMILES string of the molecule is C=CC(=O)OCC(CO)CCC(O)COc1ccc2cc(-c3sc(C)cc3OC(F)(F)F)oc2c1. The third-order valence-corrected chi connectivity index (χ3v) is 6.05. The van der Waals surface area contributed by atoms with Crippen molar-refractivity contribution in [2.75, 3.05) is 19.8 Å². The van der Waals surface area contributed by atoms with Gasteiger partial charge >= 0.3 is 12.3 Å². The van der Waals surface area contributed by atoms with E-state index in [9.17, 15) is 28.2 Å². The highest BCUT2D eigenvalue weighted by atomic mass is 32.1. The molecule has 2 unspecified atom stereocenters. The van der Waals surface area contributed by atoms with Crippen molar-refractivity contribution in [3.8, 4) is 22.1 Å². The van der Waals surface area contributed by atoms with Gasteiger partial charge < -0.3 is 28.8 Å². The normalized spacial score (nSPS) is 13.4. The lowest BCUT2D eigenvalue weighted by molar-refractivity contribution is -0.274. The van der Waals surface area contributed by atoms with Crippen LogP contribution in [0.5, 0.6) is 11.5 Å². The predicted molar refractivity (Wildman–Crippen MR) is 123 cm³/mol. The number of halogens is 3. The van der Waals surface area contributed by atoms with Crippen LogP contribution in [-0.2, 0) is 9.53 Å². The fourth-order valence-corrected chi connectivity index (χ4v) is 4.16. The average molecular weight is 515 g/mol. The first-order valence-corrected chi connectivity index (χ1v) is 11.5. The number of benzene rings is 1. The van der Waals surface area contributed by atoms with Crippen LogP contribution in [0.4, 0.5) is 13.2 Å². The van der Waals surface area contributed by atoms with Gasteiger partial charge in [0.25, 0.3) is 0 Å². The number of esters is 1. The molecule has 0 amide bonds. The molecule has 2 heterocycles. The molecule has 2 N–H and O–H groups in total. The molecule has 0 bridgehead atoms. The van der Waals surface area contributed by atoms with Gasteiger partial charge in [0.1, 0.15) is 28.6 Å². The summed E-state index contributed by atoms with van der Waals surface area (Å²) >= 11 is 1.12. The lowest BCUT2D eigenvalue weighted by Gasteiger charge is -2.17. The van der Waals surface area contributed by atoms with Crippen LogP contribution in [0.1, 0.15) is 17.7 Å². The monoisotopic (exact) mass is 514 g/mol. The summed E-state index contributed by atoms with van der Waals surface area (Å²) in [5.74, 6) is -0.577. The molecule has 7 nitrogen and oxygen atoms in total. The Balaban J connectivity index is 1.60. The highest BCUT2D eigenvalue weighted by Crippen LogP contribution is 2.42. The van der Waals surface area contributed by atoms with Gasteiger partial charge in [0.2, 0.25) is 0 Å². The molecule has 190 valence electrons. The average Bonchev–Trinajstić information content (AvgIpc) is 3.38. The van der Waals surface area contributed by atoms with Crippen LogP contribution in [0.3, 0.4) is 0 Å². The number of aliphatic hydroxyl groups is 2. The van der Waals surface area contributed by atoms with Crippen molar-refractivity contribution >= 4 is 28.3 Å². The molecule has 35 heavy (non-hydrogen) atoms. The van der Waals surface area contributed by atoms with Crippen molar-refractivity contribution in [1.29, 1.82) is 0 Å². The van der Waals surface area contributed by atoms with Gasteiger partial charge in [-0.2, -0.15) is 0 Å². The van der Waals surface area contributed by atoms with Crippen molar-refractivity contribution in [2.24, 2.45) is 5.92 Å². The Hall–Kier alpha value is -3.02. The first kappa shape index (κ1) is 26.6. The quantitative estimate of drug-likeness (QED) is 0.252. The van der Waals surface area contributed by atoms with E-state index in [-0.39, 0.29) is 42.1 Å². The Morgan fingerprint density at radius 1 is 1.23 bits per heavy atom. The molecule has 11 heteroatoms. The van der Waals surface area contributed by atoms with E-state index >= 15 is 0 Å². The second-order valence-electron chi connectivity index (χ2n) is 7.83. The number of thiophene rings is 1. The maximum Gasteiger partial charge on any atom is 0.573 e. The Bertz CT molecular complexity index is 1150. The van der Waals surface area contributed by atoms with Crippen molar-refractivity contribution in [2.45, 2.75) is 32.2 Å². The van der Waals surface area contributed by atoms with Crippen molar-refractivity contribution in [3.05, 3.63) is 47.9 Å². The van der Waals surface area contributed by atoms with Crippen LogP contribution in [0, 0.1) is 12.8 Å². The van der Waals surface area contributed by atoms with Gasteiger partial charge in [-0.1, -0.05) is 6.58 Å². The number of fused-ring (bicyclic) bond motifs is 1. The smallest absolute Gasteiger partial charge is 0.491 e. The molecule has 1 aromatic carbocycles. The molecule has 0 fully saturated rings. The number of alkyl halides is 3. The van der Waals surface area contributed by atoms with Gasteiger partial charge in [0.15, 0.2) is 5.75 Å². The molecule has 2 aromatic heterocycles. The Kier molecular flexibility index (Phi) is 8.82. The number of rotatable bonds is 12. The number of carbonyl (C=O) groups is 1. The molecule has 3 rings (SSSR count). The third-order valence-electron chi connectivity index (χ3n) is 5.00. The van der Waals surface area contributed by atoms with Gasteiger partial charge in [-0.05, 0) is 44.0 Å². The van der Waals surface area contributed by atoms with Gasteiger partial charge in [-0.3, -0.25) is 0 Å². The summed E-state index contributed by atoms with van der Waals surface area (Å²) in [7, 11) is 0.